The number of nitrogens with one attached hydrogen (secondary N) is 1. The highest BCUT2D eigenvalue weighted by molar-refractivity contribution is 9.10. The zero-order valence-electron chi connectivity index (χ0n) is 12.5. The lowest BCUT2D eigenvalue weighted by Gasteiger charge is -2.07. The molecule has 1 aromatic heterocycles. The predicted molar refractivity (Wildman–Crippen MR) is 96.2 cm³/mol. The van der Waals surface area contributed by atoms with Crippen molar-refractivity contribution in [2.24, 2.45) is 0 Å². The minimum absolute atomic E-state index is 0.481. The molecule has 2 rings (SSSR count). The maximum Gasteiger partial charge on any atom is 0.123 e. The topological polar surface area (TPSA) is 24.9 Å². The van der Waals surface area contributed by atoms with E-state index >= 15 is 0 Å². The third-order valence-electron chi connectivity index (χ3n) is 3.10. The number of halogens is 2. The van der Waals surface area contributed by atoms with Gasteiger partial charge in [-0.05, 0) is 34.5 Å². The molecule has 5 heteroatoms. The number of aryl methyl sites for hydroxylation is 1. The maximum absolute atomic E-state index is 6.07. The molecule has 0 saturated heterocycles. The van der Waals surface area contributed by atoms with Crippen LogP contribution in [0.4, 0.5) is 0 Å². The van der Waals surface area contributed by atoms with E-state index in [4.69, 9.17) is 16.6 Å². The summed E-state index contributed by atoms with van der Waals surface area (Å²) in [6.45, 7) is 7.41. The first-order valence-corrected chi connectivity index (χ1v) is 9.17. The molecule has 0 aliphatic carbocycles. The Morgan fingerprint density at radius 2 is 2.14 bits per heavy atom. The van der Waals surface area contributed by atoms with E-state index in [-0.39, 0.29) is 0 Å². The Kier molecular flexibility index (Phi) is 6.23. The van der Waals surface area contributed by atoms with Crippen molar-refractivity contribution in [1.29, 1.82) is 0 Å². The molecule has 0 unspecified atom stereocenters. The monoisotopic (exact) mass is 386 g/mol. The molecule has 0 amide bonds. The summed E-state index contributed by atoms with van der Waals surface area (Å²) in [5, 5.41) is 5.28. The van der Waals surface area contributed by atoms with Gasteiger partial charge in [0.1, 0.15) is 5.01 Å². The molecule has 0 aliphatic rings. The molecule has 0 bridgehead atoms. The number of nitrogens with zero attached hydrogens (tertiary/aromatic N) is 1. The van der Waals surface area contributed by atoms with Crippen molar-refractivity contribution in [3.63, 3.8) is 0 Å². The second kappa shape index (κ2) is 7.73. The molecule has 1 N–H and O–H groups in total. The minimum Gasteiger partial charge on any atom is -0.310 e. The van der Waals surface area contributed by atoms with Gasteiger partial charge in [-0.25, -0.2) is 4.98 Å². The molecule has 0 atom stereocenters. The lowest BCUT2D eigenvalue weighted by atomic mass is 10.2. The smallest absolute Gasteiger partial charge is 0.123 e. The van der Waals surface area contributed by atoms with Gasteiger partial charge in [0.05, 0.1) is 10.7 Å². The third-order valence-corrected chi connectivity index (χ3v) is 5.46. The normalized spacial score (nSPS) is 11.3. The van der Waals surface area contributed by atoms with E-state index in [9.17, 15) is 0 Å². The van der Waals surface area contributed by atoms with Crippen LogP contribution in [0.2, 0.25) is 5.02 Å². The van der Waals surface area contributed by atoms with Crippen LogP contribution in [-0.4, -0.2) is 11.0 Å². The Hall–Kier alpha value is -0.420. The van der Waals surface area contributed by atoms with E-state index in [1.165, 1.54) is 10.6 Å². The molecule has 21 heavy (non-hydrogen) atoms. The number of thiazole rings is 1. The standard InChI is InChI=1S/C16H20BrClN2S/c1-4-5-14-15(9-19-10(2)3)21-16(20-14)11-6-7-13(18)12(17)8-11/h6-8,10,19H,4-5,9H2,1-3H3. The number of hydrogen-bond acceptors (Lipinski definition) is 3. The van der Waals surface area contributed by atoms with Crippen molar-refractivity contribution in [3.05, 3.63) is 38.3 Å². The van der Waals surface area contributed by atoms with Crippen molar-refractivity contribution < 1.29 is 0 Å². The summed E-state index contributed by atoms with van der Waals surface area (Å²) in [5.74, 6) is 0. The Morgan fingerprint density at radius 3 is 2.76 bits per heavy atom. The SMILES string of the molecule is CCCc1nc(-c2ccc(Cl)c(Br)c2)sc1CNC(C)C. The lowest BCUT2D eigenvalue weighted by molar-refractivity contribution is 0.589. The van der Waals surface area contributed by atoms with E-state index in [2.05, 4.69) is 42.0 Å². The summed E-state index contributed by atoms with van der Waals surface area (Å²) >= 11 is 11.3. The van der Waals surface area contributed by atoms with Crippen molar-refractivity contribution in [2.45, 2.75) is 46.2 Å². The fourth-order valence-corrected chi connectivity index (χ4v) is 3.55. The number of rotatable bonds is 6. The zero-order chi connectivity index (χ0) is 15.4. The van der Waals surface area contributed by atoms with Crippen molar-refractivity contribution in [1.82, 2.24) is 10.3 Å². The average molecular weight is 388 g/mol. The highest BCUT2D eigenvalue weighted by Gasteiger charge is 2.13. The molecule has 0 fully saturated rings. The Bertz CT molecular complexity index is 610. The number of benzene rings is 1. The minimum atomic E-state index is 0.481. The zero-order valence-corrected chi connectivity index (χ0v) is 15.7. The second-order valence-electron chi connectivity index (χ2n) is 5.30. The molecule has 1 aromatic carbocycles. The van der Waals surface area contributed by atoms with Gasteiger partial charge in [-0.2, -0.15) is 0 Å². The summed E-state index contributed by atoms with van der Waals surface area (Å²) in [6, 6.07) is 6.46. The molecular weight excluding hydrogens is 368 g/mol. The van der Waals surface area contributed by atoms with Gasteiger partial charge in [-0.3, -0.25) is 0 Å². The molecule has 0 aliphatic heterocycles. The van der Waals surface area contributed by atoms with Crippen LogP contribution >= 0.6 is 38.9 Å². The summed E-state index contributed by atoms with van der Waals surface area (Å²) in [4.78, 5) is 6.17. The first-order valence-electron chi connectivity index (χ1n) is 7.18. The molecule has 0 saturated carbocycles. The first-order chi connectivity index (χ1) is 10.0. The number of hydrogen-bond donors (Lipinski definition) is 1. The van der Waals surface area contributed by atoms with Gasteiger partial charge in [0.15, 0.2) is 0 Å². The molecule has 114 valence electrons. The predicted octanol–water partition coefficient (Wildman–Crippen LogP) is 5.68. The fraction of sp³-hybridized carbons (Fsp3) is 0.438. The van der Waals surface area contributed by atoms with Crippen LogP contribution in [0.25, 0.3) is 10.6 Å². The molecule has 1 heterocycles. The van der Waals surface area contributed by atoms with E-state index in [0.29, 0.717) is 6.04 Å². The van der Waals surface area contributed by atoms with Crippen molar-refractivity contribution >= 4 is 38.9 Å². The van der Waals surface area contributed by atoms with Crippen LogP contribution < -0.4 is 5.32 Å². The number of aromatic nitrogens is 1. The Balaban J connectivity index is 2.31. The highest BCUT2D eigenvalue weighted by atomic mass is 79.9. The van der Waals surface area contributed by atoms with E-state index in [0.717, 1.165) is 39.5 Å². The van der Waals surface area contributed by atoms with Gasteiger partial charge in [0, 0.05) is 27.5 Å². The molecular formula is C16H20BrClN2S. The summed E-state index contributed by atoms with van der Waals surface area (Å²) in [5.41, 5.74) is 2.33. The van der Waals surface area contributed by atoms with Crippen LogP contribution in [-0.2, 0) is 13.0 Å². The van der Waals surface area contributed by atoms with Gasteiger partial charge < -0.3 is 5.32 Å². The van der Waals surface area contributed by atoms with E-state index in [1.807, 2.05) is 18.2 Å². The highest BCUT2D eigenvalue weighted by Crippen LogP contribution is 2.33. The molecule has 0 radical (unpaired) electrons. The Labute approximate surface area is 144 Å². The largest absolute Gasteiger partial charge is 0.310 e. The van der Waals surface area contributed by atoms with E-state index < -0.39 is 0 Å². The fourth-order valence-electron chi connectivity index (χ4n) is 2.00. The van der Waals surface area contributed by atoms with Crippen molar-refractivity contribution in [3.8, 4) is 10.6 Å². The van der Waals surface area contributed by atoms with Crippen LogP contribution in [0, 0.1) is 0 Å². The van der Waals surface area contributed by atoms with Gasteiger partial charge in [-0.15, -0.1) is 11.3 Å². The van der Waals surface area contributed by atoms with Gasteiger partial charge in [0.2, 0.25) is 0 Å². The summed E-state index contributed by atoms with van der Waals surface area (Å²) in [7, 11) is 0. The second-order valence-corrected chi connectivity index (χ2v) is 7.65. The molecule has 2 nitrogen and oxygen atoms in total. The Morgan fingerprint density at radius 1 is 1.38 bits per heavy atom. The quantitative estimate of drug-likeness (QED) is 0.690. The molecule has 2 aromatic rings. The molecule has 0 spiro atoms. The van der Waals surface area contributed by atoms with Gasteiger partial charge in [-0.1, -0.05) is 44.9 Å². The third kappa shape index (κ3) is 4.52. The van der Waals surface area contributed by atoms with Gasteiger partial charge >= 0.3 is 0 Å². The van der Waals surface area contributed by atoms with Crippen LogP contribution in [0.15, 0.2) is 22.7 Å². The summed E-state index contributed by atoms with van der Waals surface area (Å²) < 4.78 is 0.913. The summed E-state index contributed by atoms with van der Waals surface area (Å²) in [6.07, 6.45) is 2.14. The lowest BCUT2D eigenvalue weighted by Crippen LogP contribution is -2.21. The first kappa shape index (κ1) is 16.9. The maximum atomic E-state index is 6.07. The average Bonchev–Trinajstić information content (AvgIpc) is 2.83. The van der Waals surface area contributed by atoms with Crippen LogP contribution in [0.5, 0.6) is 0 Å². The van der Waals surface area contributed by atoms with Crippen molar-refractivity contribution in [2.75, 3.05) is 0 Å². The van der Waals surface area contributed by atoms with Gasteiger partial charge in [0.25, 0.3) is 0 Å². The van der Waals surface area contributed by atoms with Crippen LogP contribution in [0.3, 0.4) is 0 Å². The van der Waals surface area contributed by atoms with E-state index in [1.54, 1.807) is 11.3 Å². The van der Waals surface area contributed by atoms with Crippen LogP contribution in [0.1, 0.15) is 37.8 Å².